The van der Waals surface area contributed by atoms with Crippen LogP contribution in [0.3, 0.4) is 0 Å². The molecule has 1 heterocycles. The molecule has 0 aromatic carbocycles. The third-order valence-electron chi connectivity index (χ3n) is 4.19. The number of hydrogen-bond acceptors (Lipinski definition) is 6. The third-order valence-corrected chi connectivity index (χ3v) is 4.19. The lowest BCUT2D eigenvalue weighted by Crippen LogP contribution is -2.27. The van der Waals surface area contributed by atoms with E-state index in [9.17, 15) is 0 Å². The van der Waals surface area contributed by atoms with Crippen molar-refractivity contribution in [2.45, 2.75) is 0 Å². The molecule has 0 aromatic rings. The molecule has 0 spiro atoms. The molecule has 0 bridgehead atoms. The first-order valence-corrected chi connectivity index (χ1v) is 9.76. The van der Waals surface area contributed by atoms with Crippen molar-refractivity contribution < 1.29 is 9.47 Å². The number of rotatable bonds is 0. The van der Waals surface area contributed by atoms with Gasteiger partial charge in [-0.05, 0) is 24.3 Å². The van der Waals surface area contributed by atoms with Gasteiger partial charge in [-0.15, -0.1) is 0 Å². The van der Waals surface area contributed by atoms with Crippen molar-refractivity contribution in [3.63, 3.8) is 0 Å². The molecular weight excluding hydrogens is 352 g/mol. The summed E-state index contributed by atoms with van der Waals surface area (Å²) in [5.41, 5.74) is 3.87. The van der Waals surface area contributed by atoms with Gasteiger partial charge in [0.1, 0.15) is 0 Å². The van der Waals surface area contributed by atoms with Crippen molar-refractivity contribution in [3.05, 3.63) is 72.2 Å². The summed E-state index contributed by atoms with van der Waals surface area (Å²) in [5.74, 6) is 0. The first-order valence-electron chi connectivity index (χ1n) is 9.76. The Labute approximate surface area is 166 Å². The number of nitrogens with one attached hydrogen (secondary N) is 2. The van der Waals surface area contributed by atoms with E-state index in [0.717, 1.165) is 35.9 Å². The molecule has 3 rings (SSSR count). The van der Waals surface area contributed by atoms with Crippen LogP contribution in [0.25, 0.3) is 0 Å². The summed E-state index contributed by atoms with van der Waals surface area (Å²) in [7, 11) is 0. The number of hydrogen-bond donors (Lipinski definition) is 2. The fraction of sp³-hybridized carbons (Fsp3) is 0.364. The molecule has 1 aliphatic heterocycles. The van der Waals surface area contributed by atoms with Crippen LogP contribution < -0.4 is 10.6 Å². The lowest BCUT2D eigenvalue weighted by Gasteiger charge is -2.13. The topological polar surface area (TPSA) is 67.2 Å². The van der Waals surface area contributed by atoms with E-state index >= 15 is 0 Å². The zero-order valence-corrected chi connectivity index (χ0v) is 16.1. The Kier molecular flexibility index (Phi) is 8.52. The van der Waals surface area contributed by atoms with Crippen molar-refractivity contribution in [2.24, 2.45) is 9.98 Å². The maximum absolute atomic E-state index is 5.75. The van der Waals surface area contributed by atoms with Crippen molar-refractivity contribution in [2.75, 3.05) is 52.6 Å². The summed E-state index contributed by atoms with van der Waals surface area (Å²) in [6.45, 7) is 5.08. The zero-order chi connectivity index (χ0) is 19.3. The highest BCUT2D eigenvalue weighted by molar-refractivity contribution is 6.09. The highest BCUT2D eigenvalue weighted by Gasteiger charge is 2.06. The van der Waals surface area contributed by atoms with Crippen molar-refractivity contribution in [1.82, 2.24) is 10.6 Å². The van der Waals surface area contributed by atoms with E-state index in [1.807, 2.05) is 60.8 Å². The van der Waals surface area contributed by atoms with Gasteiger partial charge in [-0.3, -0.25) is 9.98 Å². The summed E-state index contributed by atoms with van der Waals surface area (Å²) in [6.07, 6.45) is 20.1. The Bertz CT molecular complexity index is 692. The number of allylic oxidation sites excluding steroid dienone is 10. The molecule has 2 aliphatic carbocycles. The molecule has 148 valence electrons. The average Bonchev–Trinajstić information content (AvgIpc) is 3.06. The van der Waals surface area contributed by atoms with Gasteiger partial charge in [0.25, 0.3) is 0 Å². The van der Waals surface area contributed by atoms with Crippen LogP contribution in [0.15, 0.2) is 82.1 Å². The highest BCUT2D eigenvalue weighted by Crippen LogP contribution is 2.04. The predicted molar refractivity (Wildman–Crippen MR) is 115 cm³/mol. The number of fused-ring (bicyclic) bond motifs is 2. The Morgan fingerprint density at radius 3 is 1.64 bits per heavy atom. The van der Waals surface area contributed by atoms with Gasteiger partial charge >= 0.3 is 0 Å². The van der Waals surface area contributed by atoms with Crippen molar-refractivity contribution >= 4 is 11.4 Å². The maximum atomic E-state index is 5.75. The molecule has 0 unspecified atom stereocenters. The van der Waals surface area contributed by atoms with Crippen molar-refractivity contribution in [1.29, 1.82) is 0 Å². The molecule has 0 saturated heterocycles. The Balaban J connectivity index is 1.63. The minimum atomic E-state index is 0.574. The van der Waals surface area contributed by atoms with Gasteiger partial charge in [-0.2, -0.15) is 0 Å². The monoisotopic (exact) mass is 380 g/mol. The minimum absolute atomic E-state index is 0.574. The first kappa shape index (κ1) is 20.0. The molecular formula is C22H28N4O2. The maximum Gasteiger partial charge on any atom is 0.0806 e. The number of aliphatic imine (C=N–C) groups is 2. The van der Waals surface area contributed by atoms with Gasteiger partial charge in [0.05, 0.1) is 62.3 Å². The third kappa shape index (κ3) is 6.79. The van der Waals surface area contributed by atoms with Gasteiger partial charge in [0, 0.05) is 13.1 Å². The molecule has 6 heteroatoms. The minimum Gasteiger partial charge on any atom is -0.381 e. The predicted octanol–water partition coefficient (Wildman–Crippen LogP) is 2.11. The van der Waals surface area contributed by atoms with Crippen LogP contribution in [-0.2, 0) is 9.47 Å². The first-order chi connectivity index (χ1) is 13.9. The van der Waals surface area contributed by atoms with E-state index < -0.39 is 0 Å². The van der Waals surface area contributed by atoms with E-state index in [1.165, 1.54) is 0 Å². The molecule has 0 fully saturated rings. The number of ether oxygens (including phenoxy) is 2. The summed E-state index contributed by atoms with van der Waals surface area (Å²) in [6, 6.07) is 0. The van der Waals surface area contributed by atoms with Crippen LogP contribution in [-0.4, -0.2) is 64.0 Å². The second kappa shape index (κ2) is 11.9. The zero-order valence-electron chi connectivity index (χ0n) is 16.1. The lowest BCUT2D eigenvalue weighted by molar-refractivity contribution is 0.141. The molecule has 0 aromatic heterocycles. The summed E-state index contributed by atoms with van der Waals surface area (Å²) >= 11 is 0. The average molecular weight is 380 g/mol. The van der Waals surface area contributed by atoms with E-state index in [4.69, 9.17) is 9.47 Å². The fourth-order valence-electron chi connectivity index (χ4n) is 2.83. The molecule has 0 radical (unpaired) electrons. The van der Waals surface area contributed by atoms with E-state index in [0.29, 0.717) is 39.5 Å². The summed E-state index contributed by atoms with van der Waals surface area (Å²) in [5, 5.41) is 6.82. The second-order valence-corrected chi connectivity index (χ2v) is 6.26. The Morgan fingerprint density at radius 2 is 1.11 bits per heavy atom. The second-order valence-electron chi connectivity index (χ2n) is 6.26. The van der Waals surface area contributed by atoms with Crippen LogP contribution in [0.2, 0.25) is 0 Å². The standard InChI is InChI=1S/C22H28N4O2/c1-3-7-19-20(8-4-1)24-12-16-28-18-14-26-22-10-6-2-5-9-21(22)25-13-17-27-15-11-23-19/h1-10,23,25H,11-18H2. The van der Waals surface area contributed by atoms with Gasteiger partial charge < -0.3 is 20.1 Å². The Hall–Kier alpha value is -2.70. The lowest BCUT2D eigenvalue weighted by atomic mass is 10.2. The molecule has 0 saturated carbocycles. The van der Waals surface area contributed by atoms with Crippen LogP contribution in [0, 0.1) is 0 Å². The molecule has 28 heavy (non-hydrogen) atoms. The SMILES string of the molecule is C1=CC=C2NCCOCCNC3=CC=CC=CC3=NCCOCCN=C2C=C1. The van der Waals surface area contributed by atoms with Gasteiger partial charge in [0.2, 0.25) is 0 Å². The van der Waals surface area contributed by atoms with Gasteiger partial charge in [-0.25, -0.2) is 0 Å². The smallest absolute Gasteiger partial charge is 0.0806 e. The molecule has 0 atom stereocenters. The van der Waals surface area contributed by atoms with Crippen molar-refractivity contribution in [3.8, 4) is 0 Å². The summed E-state index contributed by atoms with van der Waals surface area (Å²) < 4.78 is 11.5. The van der Waals surface area contributed by atoms with Crippen LogP contribution in [0.4, 0.5) is 0 Å². The quantitative estimate of drug-likeness (QED) is 0.676. The van der Waals surface area contributed by atoms with Crippen LogP contribution in [0.1, 0.15) is 0 Å². The highest BCUT2D eigenvalue weighted by atomic mass is 16.5. The van der Waals surface area contributed by atoms with Gasteiger partial charge in [0.15, 0.2) is 0 Å². The van der Waals surface area contributed by atoms with Crippen LogP contribution >= 0.6 is 0 Å². The van der Waals surface area contributed by atoms with E-state index in [1.54, 1.807) is 0 Å². The molecule has 6 nitrogen and oxygen atoms in total. The van der Waals surface area contributed by atoms with Crippen LogP contribution in [0.5, 0.6) is 0 Å². The molecule has 3 aliphatic rings. The molecule has 2 N–H and O–H groups in total. The van der Waals surface area contributed by atoms with Gasteiger partial charge in [-0.1, -0.05) is 36.5 Å². The summed E-state index contributed by atoms with van der Waals surface area (Å²) in [4.78, 5) is 9.33. The van der Waals surface area contributed by atoms with E-state index in [2.05, 4.69) is 20.6 Å². The van der Waals surface area contributed by atoms with E-state index in [-0.39, 0.29) is 0 Å². The largest absolute Gasteiger partial charge is 0.381 e. The number of nitrogens with zero attached hydrogens (tertiary/aromatic N) is 2. The fourth-order valence-corrected chi connectivity index (χ4v) is 2.83. The molecule has 0 amide bonds. The Morgan fingerprint density at radius 1 is 0.607 bits per heavy atom. The normalized spacial score (nSPS) is 21.7.